The minimum Gasteiger partial charge on any atom is -0.360 e. The summed E-state index contributed by atoms with van der Waals surface area (Å²) in [5.41, 5.74) is 2.47. The zero-order chi connectivity index (χ0) is 21.3. The van der Waals surface area contributed by atoms with E-state index in [-0.39, 0.29) is 0 Å². The van der Waals surface area contributed by atoms with Crippen LogP contribution in [0.5, 0.6) is 0 Å². The molecule has 0 saturated carbocycles. The number of likely N-dealkylation sites (tertiary alicyclic amines) is 1. The molecule has 0 aromatic carbocycles. The summed E-state index contributed by atoms with van der Waals surface area (Å²) in [7, 11) is -0.515. The van der Waals surface area contributed by atoms with Crippen molar-refractivity contribution in [3.8, 4) is 11.8 Å². The molecule has 0 spiro atoms. The van der Waals surface area contributed by atoms with Crippen molar-refractivity contribution in [1.82, 2.24) is 19.4 Å². The van der Waals surface area contributed by atoms with Crippen molar-refractivity contribution in [3.63, 3.8) is 0 Å². The Morgan fingerprint density at radius 3 is 2.76 bits per heavy atom. The van der Waals surface area contributed by atoms with Gasteiger partial charge >= 0.3 is 0 Å². The molecule has 2 aromatic heterocycles. The summed E-state index contributed by atoms with van der Waals surface area (Å²) in [6.07, 6.45) is 14.6. The van der Waals surface area contributed by atoms with Gasteiger partial charge in [0.1, 0.15) is 17.9 Å². The van der Waals surface area contributed by atoms with Crippen LogP contribution in [-0.4, -0.2) is 69.7 Å². The Morgan fingerprint density at radius 2 is 2.03 bits per heavy atom. The van der Waals surface area contributed by atoms with Gasteiger partial charge in [-0.1, -0.05) is 26.2 Å². The van der Waals surface area contributed by atoms with Gasteiger partial charge in [-0.05, 0) is 57.1 Å². The van der Waals surface area contributed by atoms with E-state index in [0.29, 0.717) is 12.8 Å². The van der Waals surface area contributed by atoms with E-state index >= 15 is 0 Å². The van der Waals surface area contributed by atoms with Crippen LogP contribution in [-0.2, 0) is 11.5 Å². The van der Waals surface area contributed by atoms with E-state index in [9.17, 15) is 0 Å². The fourth-order valence-corrected chi connectivity index (χ4v) is 3.84. The number of fused-ring (bicyclic) bond motifs is 1. The summed E-state index contributed by atoms with van der Waals surface area (Å²) in [6.45, 7) is 9.56. The Labute approximate surface area is 178 Å². The molecular weight excluding hydrogens is 380 g/mol. The fourth-order valence-electron chi connectivity index (χ4n) is 3.22. The molecule has 1 atom stereocenters. The van der Waals surface area contributed by atoms with E-state index in [1.54, 1.807) is 6.20 Å². The molecule has 6 heteroatoms. The molecule has 3 heterocycles. The Kier molecular flexibility index (Phi) is 9.48. The molecule has 3 rings (SSSR count). The van der Waals surface area contributed by atoms with Crippen LogP contribution in [0.25, 0.3) is 11.2 Å². The molecule has 0 aliphatic carbocycles. The zero-order valence-electron chi connectivity index (χ0n) is 19.1. The normalized spacial score (nSPS) is 17.9. The van der Waals surface area contributed by atoms with Gasteiger partial charge in [-0.25, -0.2) is 20.0 Å². The van der Waals surface area contributed by atoms with Crippen LogP contribution < -0.4 is 0 Å². The van der Waals surface area contributed by atoms with Crippen molar-refractivity contribution in [2.75, 3.05) is 44.2 Å². The average molecular weight is 419 g/mol. The van der Waals surface area contributed by atoms with Gasteiger partial charge < -0.3 is 9.30 Å². The Hall–Kier alpha value is -1.55. The molecule has 5 nitrogen and oxygen atoms in total. The number of hydrogen-bond acceptors (Lipinski definition) is 4. The van der Waals surface area contributed by atoms with Gasteiger partial charge in [0.15, 0.2) is 5.65 Å². The first-order valence-corrected chi connectivity index (χ1v) is 13.7. The maximum Gasteiger partial charge on any atom is 0.160 e. The minimum atomic E-state index is -0.515. The molecular formula is C23H38N4OS. The number of ether oxygens (including phenoxy) is 1. The third-order valence-electron chi connectivity index (χ3n) is 4.97. The second kappa shape index (κ2) is 11.6. The summed E-state index contributed by atoms with van der Waals surface area (Å²) in [4.78, 5) is 11.7. The first kappa shape index (κ1) is 23.7. The van der Waals surface area contributed by atoms with Crippen LogP contribution in [0.3, 0.4) is 0 Å². The molecule has 1 fully saturated rings. The fraction of sp³-hybridized carbons (Fsp3) is 0.652. The highest BCUT2D eigenvalue weighted by Gasteiger charge is 2.16. The van der Waals surface area contributed by atoms with E-state index in [1.165, 1.54) is 19.3 Å². The summed E-state index contributed by atoms with van der Waals surface area (Å²) in [5, 5.41) is 0. The lowest BCUT2D eigenvalue weighted by Crippen LogP contribution is -2.37. The second-order valence-electron chi connectivity index (χ2n) is 8.20. The maximum atomic E-state index is 5.82. The summed E-state index contributed by atoms with van der Waals surface area (Å²) >= 11 is 0. The van der Waals surface area contributed by atoms with Gasteiger partial charge in [0, 0.05) is 18.0 Å². The minimum absolute atomic E-state index is 0.515. The predicted octanol–water partition coefficient (Wildman–Crippen LogP) is 4.35. The average Bonchev–Trinajstić information content (AvgIpc) is 3.10. The molecule has 0 amide bonds. The molecule has 1 aliphatic heterocycles. The Bertz CT molecular complexity index is 816. The van der Waals surface area contributed by atoms with Crippen LogP contribution in [0.2, 0.25) is 0 Å². The number of rotatable bonds is 6. The quantitative estimate of drug-likeness (QED) is 0.517. The summed E-state index contributed by atoms with van der Waals surface area (Å²) < 4.78 is 7.82. The van der Waals surface area contributed by atoms with E-state index < -0.39 is 10.0 Å². The standard InChI is InChI=1S/C21H32N4OS.C2H6/c1-18-8-5-6-11-24(18)12-7-9-19-16-22-21-20(23-19)10-13-25(21)17-26-14-15-27(2,3)4;1-2/h10,13,16,18H,5-6,8,11-12,14-15,17H2,1-4H3;1-2H3. The first-order valence-electron chi connectivity index (χ1n) is 10.7. The van der Waals surface area contributed by atoms with Crippen molar-refractivity contribution in [2.24, 2.45) is 0 Å². The number of piperidine rings is 1. The van der Waals surface area contributed by atoms with Gasteiger partial charge in [-0.2, -0.15) is 0 Å². The highest BCUT2D eigenvalue weighted by atomic mass is 32.3. The van der Waals surface area contributed by atoms with Gasteiger partial charge in [0.05, 0.1) is 19.3 Å². The lowest BCUT2D eigenvalue weighted by molar-refractivity contribution is 0.0923. The second-order valence-corrected chi connectivity index (χ2v) is 12.8. The molecule has 0 radical (unpaired) electrons. The van der Waals surface area contributed by atoms with Crippen molar-refractivity contribution >= 4 is 21.2 Å². The van der Waals surface area contributed by atoms with E-state index in [0.717, 1.165) is 42.3 Å². The predicted molar refractivity (Wildman–Crippen MR) is 127 cm³/mol. The van der Waals surface area contributed by atoms with Crippen LogP contribution in [0.4, 0.5) is 0 Å². The van der Waals surface area contributed by atoms with E-state index in [4.69, 9.17) is 4.74 Å². The lowest BCUT2D eigenvalue weighted by Gasteiger charge is -2.31. The zero-order valence-corrected chi connectivity index (χ0v) is 19.9. The number of aromatic nitrogens is 3. The van der Waals surface area contributed by atoms with E-state index in [1.807, 2.05) is 30.7 Å². The summed E-state index contributed by atoms with van der Waals surface area (Å²) in [5.74, 6) is 7.57. The van der Waals surface area contributed by atoms with Crippen LogP contribution in [0.15, 0.2) is 18.5 Å². The topological polar surface area (TPSA) is 43.2 Å². The van der Waals surface area contributed by atoms with Crippen LogP contribution in [0.1, 0.15) is 45.7 Å². The third kappa shape index (κ3) is 7.65. The third-order valence-corrected chi connectivity index (χ3v) is 6.36. The summed E-state index contributed by atoms with van der Waals surface area (Å²) in [6, 6.07) is 2.62. The molecule has 1 aliphatic rings. The maximum absolute atomic E-state index is 5.82. The molecule has 2 aromatic rings. The Balaban J connectivity index is 0.00000145. The molecule has 0 N–H and O–H groups in total. The molecule has 1 unspecified atom stereocenters. The van der Waals surface area contributed by atoms with E-state index in [2.05, 4.69) is 52.4 Å². The molecule has 1 saturated heterocycles. The first-order chi connectivity index (χ1) is 13.9. The Morgan fingerprint density at radius 1 is 1.24 bits per heavy atom. The van der Waals surface area contributed by atoms with Crippen LogP contribution in [0, 0.1) is 11.8 Å². The van der Waals surface area contributed by atoms with Gasteiger partial charge in [-0.15, -0.1) is 0 Å². The van der Waals surface area contributed by atoms with Crippen molar-refractivity contribution in [1.29, 1.82) is 0 Å². The highest BCUT2D eigenvalue weighted by molar-refractivity contribution is 8.32. The largest absolute Gasteiger partial charge is 0.360 e. The molecule has 162 valence electrons. The van der Waals surface area contributed by atoms with Crippen molar-refractivity contribution < 1.29 is 4.74 Å². The molecule has 29 heavy (non-hydrogen) atoms. The SMILES string of the molecule is CC.CC1CCCCN1CC#Cc1cnc2c(ccn2COCCS(C)(C)C)n1. The molecule has 0 bridgehead atoms. The van der Waals surface area contributed by atoms with Crippen LogP contribution >= 0.6 is 10.0 Å². The number of hydrogen-bond donors (Lipinski definition) is 0. The number of nitrogens with zero attached hydrogens (tertiary/aromatic N) is 4. The van der Waals surface area contributed by atoms with Gasteiger partial charge in [0.25, 0.3) is 0 Å². The highest BCUT2D eigenvalue weighted by Crippen LogP contribution is 2.33. The van der Waals surface area contributed by atoms with Crippen molar-refractivity contribution in [3.05, 3.63) is 24.2 Å². The monoisotopic (exact) mass is 418 g/mol. The van der Waals surface area contributed by atoms with Gasteiger partial charge in [-0.3, -0.25) is 4.90 Å². The van der Waals surface area contributed by atoms with Gasteiger partial charge in [0.2, 0.25) is 0 Å². The van der Waals surface area contributed by atoms with Crippen molar-refractivity contribution in [2.45, 2.75) is 52.8 Å². The lowest BCUT2D eigenvalue weighted by atomic mass is 10.0. The smallest absolute Gasteiger partial charge is 0.160 e.